The maximum atomic E-state index is 12.8. The average molecular weight is 420 g/mol. The minimum atomic E-state index is -0.742. The molecule has 0 spiro atoms. The van der Waals surface area contributed by atoms with Crippen LogP contribution in [-0.4, -0.2) is 34.0 Å². The van der Waals surface area contributed by atoms with E-state index >= 15 is 0 Å². The van der Waals surface area contributed by atoms with Crippen LogP contribution in [0.25, 0.3) is 11.3 Å². The van der Waals surface area contributed by atoms with Crippen molar-refractivity contribution in [1.82, 2.24) is 15.2 Å². The van der Waals surface area contributed by atoms with E-state index in [2.05, 4.69) is 21.8 Å². The summed E-state index contributed by atoms with van der Waals surface area (Å²) in [5.41, 5.74) is 2.66. The molecule has 0 saturated carbocycles. The fraction of sp³-hybridized carbons (Fsp3) is 0.182. The third kappa shape index (κ3) is 3.73. The molecule has 0 fully saturated rings. The van der Waals surface area contributed by atoms with Crippen LogP contribution >= 0.6 is 11.8 Å². The molecular formula is C22H20N4O3S. The summed E-state index contributed by atoms with van der Waals surface area (Å²) in [5, 5.41) is 9.07. The number of hydrogen-bond acceptors (Lipinski definition) is 7. The van der Waals surface area contributed by atoms with Crippen LogP contribution in [-0.2, 0) is 4.79 Å². The highest BCUT2D eigenvalue weighted by Crippen LogP contribution is 2.43. The van der Waals surface area contributed by atoms with Gasteiger partial charge in [-0.2, -0.15) is 4.98 Å². The molecule has 7 nitrogen and oxygen atoms in total. The van der Waals surface area contributed by atoms with Gasteiger partial charge in [0.25, 0.3) is 0 Å². The molecule has 0 N–H and O–H groups in total. The smallest absolute Gasteiger partial charge is 0.247 e. The molecule has 2 heterocycles. The number of thioether (sulfide) groups is 1. The second kappa shape index (κ2) is 8.54. The summed E-state index contributed by atoms with van der Waals surface area (Å²) in [6.07, 6.45) is 1.03. The Labute approximate surface area is 178 Å². The minimum absolute atomic E-state index is 0.169. The van der Waals surface area contributed by atoms with Crippen molar-refractivity contribution in [3.05, 3.63) is 66.7 Å². The first-order chi connectivity index (χ1) is 14.6. The second-order valence-electron chi connectivity index (χ2n) is 6.50. The van der Waals surface area contributed by atoms with Crippen molar-refractivity contribution in [2.45, 2.75) is 18.3 Å². The monoisotopic (exact) mass is 420 g/mol. The molecule has 0 aliphatic carbocycles. The molecule has 1 aliphatic rings. The normalized spacial score (nSPS) is 14.7. The maximum Gasteiger partial charge on any atom is 0.247 e. The number of carbonyl (C=O) groups excluding carboxylic acids is 1. The zero-order valence-electron chi connectivity index (χ0n) is 16.6. The molecule has 8 heteroatoms. The van der Waals surface area contributed by atoms with Crippen molar-refractivity contribution in [2.75, 3.05) is 17.8 Å². The summed E-state index contributed by atoms with van der Waals surface area (Å²) in [5.74, 6) is 1.47. The molecule has 1 aliphatic heterocycles. The average Bonchev–Trinajstić information content (AvgIpc) is 2.92. The highest BCUT2D eigenvalue weighted by molar-refractivity contribution is 7.99. The lowest BCUT2D eigenvalue weighted by molar-refractivity contribution is -0.118. The van der Waals surface area contributed by atoms with Crippen LogP contribution in [0.5, 0.6) is 11.6 Å². The van der Waals surface area contributed by atoms with Crippen LogP contribution in [0.1, 0.15) is 18.7 Å². The van der Waals surface area contributed by atoms with Crippen LogP contribution in [0.4, 0.5) is 5.69 Å². The summed E-state index contributed by atoms with van der Waals surface area (Å²) in [7, 11) is 1.60. The molecule has 0 bridgehead atoms. The predicted molar refractivity (Wildman–Crippen MR) is 116 cm³/mol. The molecule has 1 atom stereocenters. The van der Waals surface area contributed by atoms with Gasteiger partial charge in [-0.15, -0.1) is 16.8 Å². The van der Waals surface area contributed by atoms with E-state index in [1.807, 2.05) is 48.5 Å². The van der Waals surface area contributed by atoms with Crippen molar-refractivity contribution < 1.29 is 14.3 Å². The standard InChI is InChI=1S/C22H20N4O3S/c1-4-12-30-22-23-20-19(24-25-22)17-10-5-6-11-18(17)26(14(2)27)21(29-20)15-8-7-9-16(13-15)28-3/h4-11,13,21H,1,12H2,2-3H3/t21-/m1/s1. The van der Waals surface area contributed by atoms with Gasteiger partial charge in [-0.25, -0.2) is 0 Å². The highest BCUT2D eigenvalue weighted by atomic mass is 32.2. The third-order valence-corrected chi connectivity index (χ3v) is 5.39. The molecule has 3 aromatic rings. The Balaban J connectivity index is 1.91. The number of nitrogens with zero attached hydrogens (tertiary/aromatic N) is 4. The number of carbonyl (C=O) groups is 1. The Morgan fingerprint density at radius 1 is 1.27 bits per heavy atom. The number of benzene rings is 2. The van der Waals surface area contributed by atoms with Gasteiger partial charge in [0.15, 0.2) is 5.69 Å². The number of hydrogen-bond donors (Lipinski definition) is 0. The number of aromatic nitrogens is 3. The zero-order valence-corrected chi connectivity index (χ0v) is 17.4. The van der Waals surface area contributed by atoms with Gasteiger partial charge in [-0.1, -0.05) is 48.2 Å². The van der Waals surface area contributed by atoms with E-state index in [-0.39, 0.29) is 5.91 Å². The van der Waals surface area contributed by atoms with Gasteiger partial charge in [0.05, 0.1) is 12.8 Å². The van der Waals surface area contributed by atoms with E-state index in [1.54, 1.807) is 18.1 Å². The highest BCUT2D eigenvalue weighted by Gasteiger charge is 2.34. The van der Waals surface area contributed by atoms with Gasteiger partial charge in [0, 0.05) is 23.8 Å². The van der Waals surface area contributed by atoms with Crippen molar-refractivity contribution >= 4 is 23.4 Å². The molecule has 2 aromatic carbocycles. The summed E-state index contributed by atoms with van der Waals surface area (Å²) in [6, 6.07) is 14.9. The Bertz CT molecular complexity index is 1110. The van der Waals surface area contributed by atoms with Crippen LogP contribution in [0, 0.1) is 0 Å². The lowest BCUT2D eigenvalue weighted by atomic mass is 10.1. The number of ether oxygens (including phenoxy) is 2. The second-order valence-corrected chi connectivity index (χ2v) is 7.49. The van der Waals surface area contributed by atoms with E-state index in [4.69, 9.17) is 9.47 Å². The Morgan fingerprint density at radius 2 is 2.10 bits per heavy atom. The van der Waals surface area contributed by atoms with E-state index in [0.717, 1.165) is 11.1 Å². The Morgan fingerprint density at radius 3 is 2.87 bits per heavy atom. The van der Waals surface area contributed by atoms with Crippen molar-refractivity contribution in [3.8, 4) is 22.9 Å². The van der Waals surface area contributed by atoms with Crippen LogP contribution in [0.15, 0.2) is 66.3 Å². The first-order valence-corrected chi connectivity index (χ1v) is 10.3. The van der Waals surface area contributed by atoms with E-state index in [0.29, 0.717) is 33.9 Å². The number of anilines is 1. The third-order valence-electron chi connectivity index (χ3n) is 4.56. The first-order valence-electron chi connectivity index (χ1n) is 9.30. The lowest BCUT2D eigenvalue weighted by Crippen LogP contribution is -2.36. The predicted octanol–water partition coefficient (Wildman–Crippen LogP) is 4.27. The summed E-state index contributed by atoms with van der Waals surface area (Å²) in [4.78, 5) is 18.9. The molecule has 0 saturated heterocycles. The maximum absolute atomic E-state index is 12.8. The molecule has 4 rings (SSSR count). The van der Waals surface area contributed by atoms with E-state index < -0.39 is 6.23 Å². The van der Waals surface area contributed by atoms with Crippen LogP contribution < -0.4 is 14.4 Å². The quantitative estimate of drug-likeness (QED) is 0.451. The molecule has 0 unspecified atom stereocenters. The summed E-state index contributed by atoms with van der Waals surface area (Å²) >= 11 is 1.41. The number of para-hydroxylation sites is 1. The van der Waals surface area contributed by atoms with Crippen LogP contribution in [0.2, 0.25) is 0 Å². The van der Waals surface area contributed by atoms with E-state index in [1.165, 1.54) is 18.7 Å². The SMILES string of the molecule is C=CCSc1nnc2c(n1)O[C@H](c1cccc(OC)c1)N(C(C)=O)c1ccccc1-2. The van der Waals surface area contributed by atoms with Gasteiger partial charge in [-0.05, 0) is 18.2 Å². The minimum Gasteiger partial charge on any atom is -0.497 e. The van der Waals surface area contributed by atoms with Gasteiger partial charge in [0.1, 0.15) is 5.75 Å². The summed E-state index contributed by atoms with van der Waals surface area (Å²) in [6.45, 7) is 5.23. The molecule has 1 aromatic heterocycles. The first kappa shape index (κ1) is 19.9. The fourth-order valence-electron chi connectivity index (χ4n) is 3.26. The fourth-order valence-corrected chi connectivity index (χ4v) is 3.77. The zero-order chi connectivity index (χ0) is 21.1. The molecule has 0 radical (unpaired) electrons. The van der Waals surface area contributed by atoms with Crippen molar-refractivity contribution in [1.29, 1.82) is 0 Å². The Hall–Kier alpha value is -3.39. The van der Waals surface area contributed by atoms with E-state index in [9.17, 15) is 4.79 Å². The topological polar surface area (TPSA) is 77.4 Å². The molecule has 1 amide bonds. The Kier molecular flexibility index (Phi) is 5.67. The van der Waals surface area contributed by atoms with Crippen LogP contribution in [0.3, 0.4) is 0 Å². The molecular weight excluding hydrogens is 400 g/mol. The number of amides is 1. The van der Waals surface area contributed by atoms with Crippen molar-refractivity contribution in [3.63, 3.8) is 0 Å². The van der Waals surface area contributed by atoms with Gasteiger partial charge in [0.2, 0.25) is 23.2 Å². The van der Waals surface area contributed by atoms with Gasteiger partial charge >= 0.3 is 0 Å². The summed E-state index contributed by atoms with van der Waals surface area (Å²) < 4.78 is 11.7. The number of rotatable bonds is 5. The van der Waals surface area contributed by atoms with Crippen molar-refractivity contribution in [2.24, 2.45) is 0 Å². The number of methoxy groups -OCH3 is 1. The molecule has 152 valence electrons. The largest absolute Gasteiger partial charge is 0.497 e. The number of fused-ring (bicyclic) bond motifs is 3. The van der Waals surface area contributed by atoms with Gasteiger partial charge in [-0.3, -0.25) is 9.69 Å². The lowest BCUT2D eigenvalue weighted by Gasteiger charge is -2.30. The van der Waals surface area contributed by atoms with Gasteiger partial charge < -0.3 is 9.47 Å². The molecule has 30 heavy (non-hydrogen) atoms.